The van der Waals surface area contributed by atoms with E-state index in [0.29, 0.717) is 18.9 Å². The van der Waals surface area contributed by atoms with Crippen LogP contribution in [-0.4, -0.2) is 64.7 Å². The van der Waals surface area contributed by atoms with Crippen LogP contribution >= 0.6 is 0 Å². The standard InChI is InChI=1S/C22H25N5O3/c1-16(28)23-21-14-20-19(4-3-9-27(20)24-21)18-7-5-17(6-8-18)15-25-10-12-26(13-11-25)22(29)30-2/h3-9,14H,10-13,15H2,1-2H3,(H,23,24,28). The highest BCUT2D eigenvalue weighted by atomic mass is 16.5. The fourth-order valence-corrected chi connectivity index (χ4v) is 3.77. The molecule has 0 bridgehead atoms. The minimum atomic E-state index is -0.255. The van der Waals surface area contributed by atoms with Crippen molar-refractivity contribution in [2.24, 2.45) is 0 Å². The maximum Gasteiger partial charge on any atom is 0.409 e. The SMILES string of the molecule is COC(=O)N1CCN(Cc2ccc(-c3cccn4nc(NC(C)=O)cc34)cc2)CC1. The Bertz CT molecular complexity index is 1050. The number of anilines is 1. The lowest BCUT2D eigenvalue weighted by Crippen LogP contribution is -2.48. The highest BCUT2D eigenvalue weighted by molar-refractivity contribution is 5.90. The van der Waals surface area contributed by atoms with Crippen molar-refractivity contribution in [1.29, 1.82) is 0 Å². The van der Waals surface area contributed by atoms with Crippen LogP contribution in [0.2, 0.25) is 0 Å². The van der Waals surface area contributed by atoms with E-state index in [2.05, 4.69) is 45.6 Å². The molecule has 2 amide bonds. The number of ether oxygens (including phenoxy) is 1. The van der Waals surface area contributed by atoms with Crippen LogP contribution < -0.4 is 5.32 Å². The number of hydrogen-bond acceptors (Lipinski definition) is 5. The lowest BCUT2D eigenvalue weighted by Gasteiger charge is -2.33. The maximum atomic E-state index is 11.6. The molecule has 30 heavy (non-hydrogen) atoms. The average Bonchev–Trinajstić information content (AvgIpc) is 3.16. The van der Waals surface area contributed by atoms with Crippen LogP contribution in [0.5, 0.6) is 0 Å². The smallest absolute Gasteiger partial charge is 0.409 e. The molecular formula is C22H25N5O3. The van der Waals surface area contributed by atoms with Crippen LogP contribution in [0.1, 0.15) is 12.5 Å². The van der Waals surface area contributed by atoms with E-state index < -0.39 is 0 Å². The van der Waals surface area contributed by atoms with E-state index in [0.717, 1.165) is 36.3 Å². The maximum absolute atomic E-state index is 11.6. The lowest BCUT2D eigenvalue weighted by atomic mass is 10.0. The zero-order valence-electron chi connectivity index (χ0n) is 17.2. The van der Waals surface area contributed by atoms with Crippen LogP contribution in [-0.2, 0) is 16.1 Å². The Morgan fingerprint density at radius 1 is 1.10 bits per heavy atom. The van der Waals surface area contributed by atoms with Gasteiger partial charge in [0.2, 0.25) is 5.91 Å². The molecule has 156 valence electrons. The van der Waals surface area contributed by atoms with E-state index in [-0.39, 0.29) is 12.0 Å². The minimum Gasteiger partial charge on any atom is -0.453 e. The highest BCUT2D eigenvalue weighted by Crippen LogP contribution is 2.27. The second-order valence-electron chi connectivity index (χ2n) is 7.39. The second-order valence-corrected chi connectivity index (χ2v) is 7.39. The number of piperazine rings is 1. The van der Waals surface area contributed by atoms with Crippen LogP contribution in [0.15, 0.2) is 48.7 Å². The van der Waals surface area contributed by atoms with Gasteiger partial charge in [-0.1, -0.05) is 30.3 Å². The Balaban J connectivity index is 1.46. The number of nitrogens with one attached hydrogen (secondary N) is 1. The van der Waals surface area contributed by atoms with Gasteiger partial charge < -0.3 is 15.0 Å². The third-order valence-electron chi connectivity index (χ3n) is 5.28. The predicted molar refractivity (Wildman–Crippen MR) is 114 cm³/mol. The molecular weight excluding hydrogens is 382 g/mol. The summed E-state index contributed by atoms with van der Waals surface area (Å²) in [5.41, 5.74) is 4.31. The summed E-state index contributed by atoms with van der Waals surface area (Å²) in [4.78, 5) is 27.0. The Labute approximate surface area is 175 Å². The summed E-state index contributed by atoms with van der Waals surface area (Å²) in [5, 5.41) is 7.13. The van der Waals surface area contributed by atoms with Crippen LogP contribution in [0.4, 0.5) is 10.6 Å². The molecule has 8 heteroatoms. The molecule has 3 aromatic rings. The fraction of sp³-hybridized carbons (Fsp3) is 0.318. The van der Waals surface area contributed by atoms with E-state index in [1.54, 1.807) is 9.42 Å². The van der Waals surface area contributed by atoms with Crippen molar-refractivity contribution in [3.8, 4) is 11.1 Å². The van der Waals surface area contributed by atoms with E-state index in [1.165, 1.54) is 19.6 Å². The molecule has 3 heterocycles. The number of pyridine rings is 1. The fourth-order valence-electron chi connectivity index (χ4n) is 3.77. The lowest BCUT2D eigenvalue weighted by molar-refractivity contribution is -0.114. The number of carbonyl (C=O) groups is 2. The predicted octanol–water partition coefficient (Wildman–Crippen LogP) is 2.84. The molecule has 0 atom stereocenters. The van der Waals surface area contributed by atoms with Gasteiger partial charge >= 0.3 is 6.09 Å². The number of rotatable bonds is 4. The largest absolute Gasteiger partial charge is 0.453 e. The molecule has 1 fully saturated rings. The monoisotopic (exact) mass is 407 g/mol. The van der Waals surface area contributed by atoms with Gasteiger partial charge in [0.1, 0.15) is 0 Å². The normalized spacial score (nSPS) is 14.7. The zero-order valence-corrected chi connectivity index (χ0v) is 17.2. The highest BCUT2D eigenvalue weighted by Gasteiger charge is 2.21. The number of aromatic nitrogens is 2. The average molecular weight is 407 g/mol. The van der Waals surface area contributed by atoms with Crippen molar-refractivity contribution in [2.75, 3.05) is 38.6 Å². The molecule has 0 saturated carbocycles. The first-order valence-corrected chi connectivity index (χ1v) is 9.94. The summed E-state index contributed by atoms with van der Waals surface area (Å²) in [5.74, 6) is 0.398. The van der Waals surface area contributed by atoms with Crippen molar-refractivity contribution in [3.63, 3.8) is 0 Å². The summed E-state index contributed by atoms with van der Waals surface area (Å²) >= 11 is 0. The van der Waals surface area contributed by atoms with Crippen LogP contribution in [0.3, 0.4) is 0 Å². The third-order valence-corrected chi connectivity index (χ3v) is 5.28. The first-order valence-electron chi connectivity index (χ1n) is 9.94. The number of benzene rings is 1. The molecule has 1 aliphatic heterocycles. The number of fused-ring (bicyclic) bond motifs is 1. The van der Waals surface area contributed by atoms with Crippen LogP contribution in [0.25, 0.3) is 16.6 Å². The van der Waals surface area contributed by atoms with Crippen molar-refractivity contribution in [1.82, 2.24) is 19.4 Å². The number of carbonyl (C=O) groups excluding carboxylic acids is 2. The number of nitrogens with zero attached hydrogens (tertiary/aromatic N) is 4. The van der Waals surface area contributed by atoms with Gasteiger partial charge in [0.15, 0.2) is 5.82 Å². The summed E-state index contributed by atoms with van der Waals surface area (Å²) in [6.45, 7) is 5.35. The molecule has 0 aliphatic carbocycles. The Kier molecular flexibility index (Phi) is 5.67. The van der Waals surface area contributed by atoms with E-state index in [1.807, 2.05) is 18.3 Å². The van der Waals surface area contributed by atoms with E-state index >= 15 is 0 Å². The van der Waals surface area contributed by atoms with Gasteiger partial charge in [0, 0.05) is 57.5 Å². The Morgan fingerprint density at radius 2 is 1.83 bits per heavy atom. The van der Waals surface area contributed by atoms with Gasteiger partial charge in [-0.3, -0.25) is 9.69 Å². The summed E-state index contributed by atoms with van der Waals surface area (Å²) in [7, 11) is 1.42. The molecule has 2 aromatic heterocycles. The van der Waals surface area contributed by atoms with Gasteiger partial charge in [-0.25, -0.2) is 9.31 Å². The molecule has 0 radical (unpaired) electrons. The zero-order chi connectivity index (χ0) is 21.1. The number of methoxy groups -OCH3 is 1. The van der Waals surface area contributed by atoms with Gasteiger partial charge in [-0.2, -0.15) is 5.10 Å². The molecule has 0 unspecified atom stereocenters. The number of amides is 2. The summed E-state index contributed by atoms with van der Waals surface area (Å²) < 4.78 is 6.56. The van der Waals surface area contributed by atoms with Crippen molar-refractivity contribution in [3.05, 3.63) is 54.2 Å². The number of hydrogen-bond donors (Lipinski definition) is 1. The summed E-state index contributed by atoms with van der Waals surface area (Å²) in [6.07, 6.45) is 1.61. The molecule has 8 nitrogen and oxygen atoms in total. The van der Waals surface area contributed by atoms with Crippen molar-refractivity contribution in [2.45, 2.75) is 13.5 Å². The molecule has 4 rings (SSSR count). The molecule has 0 spiro atoms. The van der Waals surface area contributed by atoms with Gasteiger partial charge in [0.05, 0.1) is 12.6 Å². The first-order chi connectivity index (χ1) is 14.5. The van der Waals surface area contributed by atoms with Gasteiger partial charge in [0.25, 0.3) is 0 Å². The quantitative estimate of drug-likeness (QED) is 0.720. The molecule has 1 N–H and O–H groups in total. The van der Waals surface area contributed by atoms with Gasteiger partial charge in [-0.05, 0) is 17.2 Å². The second kappa shape index (κ2) is 8.54. The van der Waals surface area contributed by atoms with Crippen LogP contribution in [0, 0.1) is 0 Å². The summed E-state index contributed by atoms with van der Waals surface area (Å²) in [6, 6.07) is 14.4. The van der Waals surface area contributed by atoms with E-state index in [4.69, 9.17) is 4.74 Å². The van der Waals surface area contributed by atoms with Crippen molar-refractivity contribution >= 4 is 23.3 Å². The van der Waals surface area contributed by atoms with Gasteiger partial charge in [-0.15, -0.1) is 0 Å². The third kappa shape index (κ3) is 4.28. The Hall–Kier alpha value is -3.39. The minimum absolute atomic E-state index is 0.142. The van der Waals surface area contributed by atoms with E-state index in [9.17, 15) is 9.59 Å². The topological polar surface area (TPSA) is 79.2 Å². The first kappa shape index (κ1) is 19.9. The van der Waals surface area contributed by atoms with Crippen molar-refractivity contribution < 1.29 is 14.3 Å². The molecule has 1 aliphatic rings. The Morgan fingerprint density at radius 3 is 2.50 bits per heavy atom. The molecule has 1 aromatic carbocycles. The molecule has 1 saturated heterocycles.